The molecule has 0 aliphatic carbocycles. The van der Waals surface area contributed by atoms with Crippen LogP contribution in [0.15, 0.2) is 23.1 Å². The molecule has 0 radical (unpaired) electrons. The van der Waals surface area contributed by atoms with E-state index in [1.807, 2.05) is 33.1 Å². The van der Waals surface area contributed by atoms with Crippen LogP contribution in [0.2, 0.25) is 5.02 Å². The van der Waals surface area contributed by atoms with Gasteiger partial charge in [-0.2, -0.15) is 0 Å². The minimum atomic E-state index is -0.175. The van der Waals surface area contributed by atoms with Gasteiger partial charge in [0.2, 0.25) is 0 Å². The maximum atomic E-state index is 12.3. The predicted octanol–water partition coefficient (Wildman–Crippen LogP) is 3.17. The van der Waals surface area contributed by atoms with Gasteiger partial charge in [0.1, 0.15) is 0 Å². The number of rotatable bonds is 4. The van der Waals surface area contributed by atoms with Gasteiger partial charge in [0.05, 0.1) is 10.6 Å². The zero-order valence-electron chi connectivity index (χ0n) is 11.8. The highest BCUT2D eigenvalue weighted by molar-refractivity contribution is 7.98. The second kappa shape index (κ2) is 6.64. The summed E-state index contributed by atoms with van der Waals surface area (Å²) < 4.78 is 0. The van der Waals surface area contributed by atoms with E-state index in [4.69, 9.17) is 17.3 Å². The summed E-state index contributed by atoms with van der Waals surface area (Å²) >= 11 is 7.66. The lowest BCUT2D eigenvalue weighted by Gasteiger charge is -2.30. The summed E-state index contributed by atoms with van der Waals surface area (Å²) in [5, 5.41) is 3.42. The first-order valence-electron chi connectivity index (χ1n) is 6.14. The van der Waals surface area contributed by atoms with Crippen molar-refractivity contribution < 1.29 is 4.79 Å². The highest BCUT2D eigenvalue weighted by Crippen LogP contribution is 2.24. The lowest BCUT2D eigenvalue weighted by atomic mass is 9.86. The fraction of sp³-hybridized carbons (Fsp3) is 0.500. The monoisotopic (exact) mass is 300 g/mol. The summed E-state index contributed by atoms with van der Waals surface area (Å²) in [5.41, 5.74) is 6.13. The van der Waals surface area contributed by atoms with E-state index in [1.54, 1.807) is 23.9 Å². The van der Waals surface area contributed by atoms with Gasteiger partial charge >= 0.3 is 0 Å². The summed E-state index contributed by atoms with van der Waals surface area (Å²) in [6, 6.07) is 5.36. The second-order valence-electron chi connectivity index (χ2n) is 5.47. The van der Waals surface area contributed by atoms with Crippen molar-refractivity contribution in [1.82, 2.24) is 5.32 Å². The van der Waals surface area contributed by atoms with Gasteiger partial charge in [-0.05, 0) is 29.9 Å². The molecule has 106 valence electrons. The van der Waals surface area contributed by atoms with Gasteiger partial charge < -0.3 is 11.1 Å². The lowest BCUT2D eigenvalue weighted by Crippen LogP contribution is -2.48. The van der Waals surface area contributed by atoms with Crippen LogP contribution >= 0.6 is 23.4 Å². The van der Waals surface area contributed by atoms with Crippen LogP contribution in [0.4, 0.5) is 0 Å². The molecule has 19 heavy (non-hydrogen) atoms. The van der Waals surface area contributed by atoms with Crippen molar-refractivity contribution in [2.45, 2.75) is 31.7 Å². The van der Waals surface area contributed by atoms with Crippen LogP contribution in [0, 0.1) is 5.41 Å². The van der Waals surface area contributed by atoms with Gasteiger partial charge in [-0.3, -0.25) is 4.79 Å². The highest BCUT2D eigenvalue weighted by atomic mass is 35.5. The van der Waals surface area contributed by atoms with Crippen molar-refractivity contribution in [3.63, 3.8) is 0 Å². The molecule has 1 atom stereocenters. The van der Waals surface area contributed by atoms with Crippen LogP contribution in [0.25, 0.3) is 0 Å². The molecule has 0 aromatic heterocycles. The molecule has 0 fully saturated rings. The molecule has 0 heterocycles. The average molecular weight is 301 g/mol. The summed E-state index contributed by atoms with van der Waals surface area (Å²) in [4.78, 5) is 13.3. The van der Waals surface area contributed by atoms with Crippen molar-refractivity contribution in [3.8, 4) is 0 Å². The Hall–Kier alpha value is -0.710. The Kier molecular flexibility index (Phi) is 5.71. The number of carbonyl (C=O) groups is 1. The van der Waals surface area contributed by atoms with Crippen molar-refractivity contribution >= 4 is 29.3 Å². The minimum absolute atomic E-state index is 0.0889. The van der Waals surface area contributed by atoms with Crippen LogP contribution in [-0.4, -0.2) is 24.7 Å². The minimum Gasteiger partial charge on any atom is -0.347 e. The molecule has 1 aromatic rings. The predicted molar refractivity (Wildman–Crippen MR) is 83.0 cm³/mol. The normalized spacial score (nSPS) is 13.2. The summed E-state index contributed by atoms with van der Waals surface area (Å²) in [7, 11) is 0. The zero-order valence-corrected chi connectivity index (χ0v) is 13.4. The van der Waals surface area contributed by atoms with Crippen molar-refractivity contribution in [3.05, 3.63) is 28.8 Å². The van der Waals surface area contributed by atoms with Gasteiger partial charge in [-0.15, -0.1) is 11.8 Å². The Morgan fingerprint density at radius 2 is 2.11 bits per heavy atom. The highest BCUT2D eigenvalue weighted by Gasteiger charge is 2.25. The third kappa shape index (κ3) is 4.41. The first kappa shape index (κ1) is 16.3. The largest absolute Gasteiger partial charge is 0.347 e. The fourth-order valence-corrected chi connectivity index (χ4v) is 2.31. The van der Waals surface area contributed by atoms with Gasteiger partial charge in [0, 0.05) is 17.5 Å². The molecule has 0 spiro atoms. The third-order valence-electron chi connectivity index (χ3n) is 3.00. The van der Waals surface area contributed by atoms with Crippen molar-refractivity contribution in [1.29, 1.82) is 0 Å². The van der Waals surface area contributed by atoms with Crippen LogP contribution in [0.1, 0.15) is 31.1 Å². The molecule has 5 heteroatoms. The zero-order chi connectivity index (χ0) is 14.6. The molecular weight excluding hydrogens is 280 g/mol. The summed E-state index contributed by atoms with van der Waals surface area (Å²) in [6.45, 7) is 6.54. The molecule has 0 aliphatic rings. The standard InChI is InChI=1S/C14H21ClN2OS/c1-14(2,3)12(8-16)17-13(18)10-7-9(19-4)5-6-11(10)15/h5-7,12H,8,16H2,1-4H3,(H,17,18). The Balaban J connectivity index is 2.94. The SMILES string of the molecule is CSc1ccc(Cl)c(C(=O)NC(CN)C(C)(C)C)c1. The fourth-order valence-electron chi connectivity index (χ4n) is 1.67. The first-order chi connectivity index (χ1) is 8.79. The third-order valence-corrected chi connectivity index (χ3v) is 4.06. The number of thioether (sulfide) groups is 1. The molecule has 0 saturated heterocycles. The molecule has 0 aliphatic heterocycles. The van der Waals surface area contributed by atoms with Crippen LogP contribution in [0.5, 0.6) is 0 Å². The molecule has 3 nitrogen and oxygen atoms in total. The number of nitrogens with two attached hydrogens (primary N) is 1. The van der Waals surface area contributed by atoms with Crippen LogP contribution in [0.3, 0.4) is 0 Å². The Morgan fingerprint density at radius 3 is 2.58 bits per heavy atom. The summed E-state index contributed by atoms with van der Waals surface area (Å²) in [6.07, 6.45) is 1.96. The molecule has 0 saturated carbocycles. The van der Waals surface area contributed by atoms with E-state index in [9.17, 15) is 4.79 Å². The number of carbonyl (C=O) groups excluding carboxylic acids is 1. The first-order valence-corrected chi connectivity index (χ1v) is 7.74. The number of hydrogen-bond acceptors (Lipinski definition) is 3. The number of benzene rings is 1. The topological polar surface area (TPSA) is 55.1 Å². The Labute approximate surface area is 124 Å². The van der Waals surface area contributed by atoms with E-state index < -0.39 is 0 Å². The van der Waals surface area contributed by atoms with E-state index in [1.165, 1.54) is 0 Å². The smallest absolute Gasteiger partial charge is 0.253 e. The molecular formula is C14H21ClN2OS. The molecule has 1 unspecified atom stereocenters. The van der Waals surface area contributed by atoms with Gasteiger partial charge in [-0.25, -0.2) is 0 Å². The van der Waals surface area contributed by atoms with Gasteiger partial charge in [0.25, 0.3) is 5.91 Å². The van der Waals surface area contributed by atoms with E-state index >= 15 is 0 Å². The van der Waals surface area contributed by atoms with E-state index in [0.29, 0.717) is 17.1 Å². The maximum absolute atomic E-state index is 12.3. The van der Waals surface area contributed by atoms with Crippen molar-refractivity contribution in [2.24, 2.45) is 11.1 Å². The second-order valence-corrected chi connectivity index (χ2v) is 6.76. The van der Waals surface area contributed by atoms with Crippen molar-refractivity contribution in [2.75, 3.05) is 12.8 Å². The number of halogens is 1. The Morgan fingerprint density at radius 1 is 1.47 bits per heavy atom. The number of hydrogen-bond donors (Lipinski definition) is 2. The van der Waals surface area contributed by atoms with Gasteiger partial charge in [0.15, 0.2) is 0 Å². The van der Waals surface area contributed by atoms with E-state index in [2.05, 4.69) is 5.32 Å². The Bertz CT molecular complexity index is 457. The summed E-state index contributed by atoms with van der Waals surface area (Å²) in [5.74, 6) is -0.175. The molecule has 1 rings (SSSR count). The quantitative estimate of drug-likeness (QED) is 0.840. The average Bonchev–Trinajstić information content (AvgIpc) is 2.34. The van der Waals surface area contributed by atoms with Gasteiger partial charge in [-0.1, -0.05) is 32.4 Å². The molecule has 1 aromatic carbocycles. The van der Waals surface area contributed by atoms with Crippen LogP contribution < -0.4 is 11.1 Å². The van der Waals surface area contributed by atoms with Crippen LogP contribution in [-0.2, 0) is 0 Å². The maximum Gasteiger partial charge on any atom is 0.253 e. The molecule has 1 amide bonds. The number of amides is 1. The molecule has 0 bridgehead atoms. The van der Waals surface area contributed by atoms with E-state index in [-0.39, 0.29) is 17.4 Å². The number of nitrogens with one attached hydrogen (secondary N) is 1. The lowest BCUT2D eigenvalue weighted by molar-refractivity contribution is 0.0905. The van der Waals surface area contributed by atoms with E-state index in [0.717, 1.165) is 4.90 Å². The molecule has 3 N–H and O–H groups in total.